The molecule has 1 aromatic carbocycles. The van der Waals surface area contributed by atoms with E-state index in [4.69, 9.17) is 4.74 Å². The lowest BCUT2D eigenvalue weighted by molar-refractivity contribution is 0.106. The molecule has 0 aliphatic carbocycles. The van der Waals surface area contributed by atoms with Crippen LogP contribution in [-0.2, 0) is 14.6 Å². The summed E-state index contributed by atoms with van der Waals surface area (Å²) in [5, 5.41) is 0. The van der Waals surface area contributed by atoms with Crippen molar-refractivity contribution in [3.8, 4) is 0 Å². The second-order valence-electron chi connectivity index (χ2n) is 4.78. The number of ether oxygens (including phenoxy) is 1. The lowest BCUT2D eigenvalue weighted by Gasteiger charge is -2.23. The standard InChI is InChI=1S/C14H19NO4S/c1-2-19-14(16)15-10-6-7-12(15)11-20(17,18)13-8-4-3-5-9-13/h3-5,8-9,12H,2,6-7,10-11H2,1H3/t12-/m1/s1. The third-order valence-corrected chi connectivity index (χ3v) is 5.21. The van der Waals surface area contributed by atoms with E-state index in [1.807, 2.05) is 0 Å². The summed E-state index contributed by atoms with van der Waals surface area (Å²) < 4.78 is 29.6. The molecule has 1 atom stereocenters. The molecular weight excluding hydrogens is 278 g/mol. The number of carbonyl (C=O) groups excluding carboxylic acids is 1. The molecule has 1 fully saturated rings. The van der Waals surface area contributed by atoms with Crippen molar-refractivity contribution in [2.24, 2.45) is 0 Å². The monoisotopic (exact) mass is 297 g/mol. The molecule has 110 valence electrons. The van der Waals surface area contributed by atoms with Crippen molar-refractivity contribution in [1.29, 1.82) is 0 Å². The fourth-order valence-corrected chi connectivity index (χ4v) is 4.05. The Hall–Kier alpha value is -1.56. The van der Waals surface area contributed by atoms with E-state index in [1.54, 1.807) is 37.3 Å². The van der Waals surface area contributed by atoms with Crippen LogP contribution in [0.5, 0.6) is 0 Å². The van der Waals surface area contributed by atoms with Gasteiger partial charge in [-0.1, -0.05) is 18.2 Å². The van der Waals surface area contributed by atoms with Crippen molar-refractivity contribution in [3.05, 3.63) is 30.3 Å². The zero-order valence-electron chi connectivity index (χ0n) is 11.5. The molecule has 0 N–H and O–H groups in total. The Balaban J connectivity index is 2.11. The fourth-order valence-electron chi connectivity index (χ4n) is 2.43. The van der Waals surface area contributed by atoms with Gasteiger partial charge in [0, 0.05) is 12.6 Å². The molecule has 5 nitrogen and oxygen atoms in total. The average Bonchev–Trinajstić information content (AvgIpc) is 2.87. The third-order valence-electron chi connectivity index (χ3n) is 3.39. The van der Waals surface area contributed by atoms with E-state index in [2.05, 4.69) is 0 Å². The Bertz CT molecular complexity index is 556. The van der Waals surface area contributed by atoms with E-state index < -0.39 is 15.9 Å². The molecule has 1 aromatic rings. The lowest BCUT2D eigenvalue weighted by atomic mass is 10.2. The van der Waals surface area contributed by atoms with Crippen molar-refractivity contribution < 1.29 is 17.9 Å². The normalized spacial score (nSPS) is 19.1. The van der Waals surface area contributed by atoms with Crippen LogP contribution in [0.4, 0.5) is 4.79 Å². The van der Waals surface area contributed by atoms with E-state index in [0.29, 0.717) is 24.5 Å². The number of benzene rings is 1. The van der Waals surface area contributed by atoms with E-state index in [0.717, 1.165) is 6.42 Å². The number of likely N-dealkylation sites (tertiary alicyclic amines) is 1. The predicted octanol–water partition coefficient (Wildman–Crippen LogP) is 2.08. The molecule has 0 spiro atoms. The number of nitrogens with zero attached hydrogens (tertiary/aromatic N) is 1. The summed E-state index contributed by atoms with van der Waals surface area (Å²) in [6.45, 7) is 2.60. The molecule has 6 heteroatoms. The van der Waals surface area contributed by atoms with Crippen LogP contribution < -0.4 is 0 Å². The second-order valence-corrected chi connectivity index (χ2v) is 6.82. The number of rotatable bonds is 4. The van der Waals surface area contributed by atoms with Gasteiger partial charge in [0.2, 0.25) is 0 Å². The summed E-state index contributed by atoms with van der Waals surface area (Å²) in [7, 11) is -3.37. The zero-order chi connectivity index (χ0) is 14.6. The van der Waals surface area contributed by atoms with Gasteiger partial charge in [0.15, 0.2) is 9.84 Å². The molecule has 0 aromatic heterocycles. The van der Waals surface area contributed by atoms with Gasteiger partial charge in [-0.15, -0.1) is 0 Å². The van der Waals surface area contributed by atoms with Crippen molar-refractivity contribution >= 4 is 15.9 Å². The second kappa shape index (κ2) is 6.26. The summed E-state index contributed by atoms with van der Waals surface area (Å²) in [4.78, 5) is 13.6. The Morgan fingerprint density at radius 1 is 1.35 bits per heavy atom. The van der Waals surface area contributed by atoms with Crippen LogP contribution in [0.25, 0.3) is 0 Å². The summed E-state index contributed by atoms with van der Waals surface area (Å²) >= 11 is 0. The summed E-state index contributed by atoms with van der Waals surface area (Å²) in [5.41, 5.74) is 0. The topological polar surface area (TPSA) is 63.7 Å². The van der Waals surface area contributed by atoms with Crippen LogP contribution in [0.2, 0.25) is 0 Å². The summed E-state index contributed by atoms with van der Waals surface area (Å²) in [6, 6.07) is 8.05. The first-order chi connectivity index (χ1) is 9.54. The third kappa shape index (κ3) is 3.30. The molecule has 20 heavy (non-hydrogen) atoms. The minimum absolute atomic E-state index is 0.0458. The maximum Gasteiger partial charge on any atom is 0.410 e. The zero-order valence-corrected chi connectivity index (χ0v) is 12.3. The smallest absolute Gasteiger partial charge is 0.410 e. The molecule has 1 amide bonds. The number of amides is 1. The van der Waals surface area contributed by atoms with Gasteiger partial charge in [0.1, 0.15) is 0 Å². The highest BCUT2D eigenvalue weighted by Gasteiger charge is 2.33. The van der Waals surface area contributed by atoms with E-state index in [-0.39, 0.29) is 11.8 Å². The van der Waals surface area contributed by atoms with Crippen LogP contribution in [0, 0.1) is 0 Å². The molecule has 0 unspecified atom stereocenters. The van der Waals surface area contributed by atoms with Crippen LogP contribution in [-0.4, -0.2) is 44.4 Å². The summed E-state index contributed by atoms with van der Waals surface area (Å²) in [6.07, 6.45) is 1.09. The van der Waals surface area contributed by atoms with Crippen LogP contribution in [0.15, 0.2) is 35.2 Å². The lowest BCUT2D eigenvalue weighted by Crippen LogP contribution is -2.40. The molecule has 0 radical (unpaired) electrons. The first-order valence-electron chi connectivity index (χ1n) is 6.76. The Morgan fingerprint density at radius 3 is 2.70 bits per heavy atom. The quantitative estimate of drug-likeness (QED) is 0.853. The number of sulfone groups is 1. The number of hydrogen-bond acceptors (Lipinski definition) is 4. The molecule has 0 saturated carbocycles. The van der Waals surface area contributed by atoms with Crippen molar-refractivity contribution in [2.75, 3.05) is 18.9 Å². The SMILES string of the molecule is CCOC(=O)N1CCC[C@@H]1CS(=O)(=O)c1ccccc1. The maximum atomic E-state index is 12.3. The minimum Gasteiger partial charge on any atom is -0.450 e. The molecule has 2 rings (SSSR count). The van der Waals surface area contributed by atoms with Gasteiger partial charge in [0.05, 0.1) is 17.3 Å². The van der Waals surface area contributed by atoms with Crippen LogP contribution in [0.3, 0.4) is 0 Å². The van der Waals surface area contributed by atoms with Crippen molar-refractivity contribution in [2.45, 2.75) is 30.7 Å². The Morgan fingerprint density at radius 2 is 2.05 bits per heavy atom. The molecule has 0 bridgehead atoms. The maximum absolute atomic E-state index is 12.3. The van der Waals surface area contributed by atoms with Gasteiger partial charge >= 0.3 is 6.09 Å². The van der Waals surface area contributed by atoms with Gasteiger partial charge in [-0.25, -0.2) is 13.2 Å². The van der Waals surface area contributed by atoms with Gasteiger partial charge < -0.3 is 9.64 Å². The van der Waals surface area contributed by atoms with Crippen LogP contribution >= 0.6 is 0 Å². The highest BCUT2D eigenvalue weighted by molar-refractivity contribution is 7.91. The highest BCUT2D eigenvalue weighted by atomic mass is 32.2. The highest BCUT2D eigenvalue weighted by Crippen LogP contribution is 2.22. The van der Waals surface area contributed by atoms with E-state index >= 15 is 0 Å². The predicted molar refractivity (Wildman–Crippen MR) is 75.2 cm³/mol. The molecular formula is C14H19NO4S. The Labute approximate surface area is 119 Å². The van der Waals surface area contributed by atoms with Gasteiger partial charge in [-0.3, -0.25) is 0 Å². The minimum atomic E-state index is -3.37. The van der Waals surface area contributed by atoms with Gasteiger partial charge in [-0.05, 0) is 31.9 Å². The Kier molecular flexibility index (Phi) is 4.65. The van der Waals surface area contributed by atoms with E-state index in [1.165, 1.54) is 4.90 Å². The first-order valence-corrected chi connectivity index (χ1v) is 8.41. The molecule has 1 aliphatic heterocycles. The summed E-state index contributed by atoms with van der Waals surface area (Å²) in [5.74, 6) is -0.0458. The largest absolute Gasteiger partial charge is 0.450 e. The van der Waals surface area contributed by atoms with E-state index in [9.17, 15) is 13.2 Å². The van der Waals surface area contributed by atoms with Gasteiger partial charge in [0.25, 0.3) is 0 Å². The molecule has 1 saturated heterocycles. The number of carbonyl (C=O) groups is 1. The van der Waals surface area contributed by atoms with Crippen LogP contribution in [0.1, 0.15) is 19.8 Å². The fraction of sp³-hybridized carbons (Fsp3) is 0.500. The first kappa shape index (κ1) is 14.8. The molecule has 1 aliphatic rings. The van der Waals surface area contributed by atoms with Crippen molar-refractivity contribution in [3.63, 3.8) is 0 Å². The number of hydrogen-bond donors (Lipinski definition) is 0. The van der Waals surface area contributed by atoms with Crippen molar-refractivity contribution in [1.82, 2.24) is 4.90 Å². The van der Waals surface area contributed by atoms with Gasteiger partial charge in [-0.2, -0.15) is 0 Å². The average molecular weight is 297 g/mol. The molecule has 1 heterocycles.